The Labute approximate surface area is 147 Å². The predicted molar refractivity (Wildman–Crippen MR) is 98.4 cm³/mol. The summed E-state index contributed by atoms with van der Waals surface area (Å²) in [5, 5.41) is 9.47. The maximum Gasteiger partial charge on any atom is 0.412 e. The first-order valence-electron chi connectivity index (χ1n) is 7.52. The van der Waals surface area contributed by atoms with Crippen molar-refractivity contribution in [1.29, 1.82) is 0 Å². The van der Waals surface area contributed by atoms with Gasteiger partial charge in [-0.05, 0) is 57.2 Å². The van der Waals surface area contributed by atoms with Gasteiger partial charge in [-0.15, -0.1) is 0 Å². The quantitative estimate of drug-likeness (QED) is 0.721. The molecule has 8 heteroatoms. The number of benzene rings is 2. The van der Waals surface area contributed by atoms with E-state index in [0.717, 1.165) is 0 Å². The Morgan fingerprint density at radius 3 is 2.32 bits per heavy atom. The molecule has 0 unspecified atom stereocenters. The van der Waals surface area contributed by atoms with Gasteiger partial charge in [0.05, 0.1) is 10.6 Å². The topological polar surface area (TPSA) is 113 Å². The lowest BCUT2D eigenvalue weighted by molar-refractivity contribution is 0.195. The normalized spacial score (nSPS) is 11.8. The van der Waals surface area contributed by atoms with Gasteiger partial charge in [-0.2, -0.15) is 0 Å². The summed E-state index contributed by atoms with van der Waals surface area (Å²) in [5.74, 6) is 0. The van der Waals surface area contributed by atoms with Crippen molar-refractivity contribution in [2.75, 3.05) is 15.4 Å². The molecular formula is C17H21N3O4S. The molecule has 7 nitrogen and oxygen atoms in total. The highest BCUT2D eigenvalue weighted by molar-refractivity contribution is 7.92. The lowest BCUT2D eigenvalue weighted by Crippen LogP contribution is -2.45. The van der Waals surface area contributed by atoms with E-state index in [-0.39, 0.29) is 10.6 Å². The molecule has 0 aromatic heterocycles. The number of nitrogens with zero attached hydrogens (tertiary/aromatic N) is 1. The zero-order valence-corrected chi connectivity index (χ0v) is 15.0. The van der Waals surface area contributed by atoms with Crippen LogP contribution in [0.5, 0.6) is 0 Å². The number of nitrogens with one attached hydrogen (secondary N) is 1. The van der Waals surface area contributed by atoms with E-state index in [0.29, 0.717) is 11.4 Å². The number of anilines is 3. The van der Waals surface area contributed by atoms with Gasteiger partial charge in [-0.1, -0.05) is 12.1 Å². The van der Waals surface area contributed by atoms with E-state index in [1.807, 2.05) is 0 Å². The lowest BCUT2D eigenvalue weighted by Gasteiger charge is -2.33. The second-order valence-corrected chi connectivity index (χ2v) is 8.20. The third-order valence-electron chi connectivity index (χ3n) is 3.39. The third-order valence-corrected chi connectivity index (χ3v) is 4.77. The van der Waals surface area contributed by atoms with Crippen LogP contribution in [0.15, 0.2) is 53.4 Å². The van der Waals surface area contributed by atoms with Gasteiger partial charge in [0.2, 0.25) is 0 Å². The SMILES string of the molecule is CC(C)(C)N(C(=O)O)c1cccc(NS(=O)(=O)c2cccc(N)c2)c1. The summed E-state index contributed by atoms with van der Waals surface area (Å²) in [6.45, 7) is 5.26. The van der Waals surface area contributed by atoms with Crippen LogP contribution in [0.25, 0.3) is 0 Å². The Morgan fingerprint density at radius 2 is 1.76 bits per heavy atom. The number of nitrogens with two attached hydrogens (primary N) is 1. The van der Waals surface area contributed by atoms with Crippen molar-refractivity contribution in [1.82, 2.24) is 0 Å². The van der Waals surface area contributed by atoms with Crippen LogP contribution in [0, 0.1) is 0 Å². The maximum atomic E-state index is 12.5. The van der Waals surface area contributed by atoms with E-state index in [9.17, 15) is 18.3 Å². The Bertz CT molecular complexity index is 889. The van der Waals surface area contributed by atoms with Crippen LogP contribution in [-0.2, 0) is 10.0 Å². The molecule has 0 bridgehead atoms. The molecule has 0 fully saturated rings. The van der Waals surface area contributed by atoms with Crippen LogP contribution >= 0.6 is 0 Å². The fourth-order valence-electron chi connectivity index (χ4n) is 2.39. The monoisotopic (exact) mass is 363 g/mol. The van der Waals surface area contributed by atoms with Crippen LogP contribution in [0.2, 0.25) is 0 Å². The zero-order valence-electron chi connectivity index (χ0n) is 14.2. The van der Waals surface area contributed by atoms with Crippen molar-refractivity contribution in [3.8, 4) is 0 Å². The van der Waals surface area contributed by atoms with Crippen molar-refractivity contribution in [2.45, 2.75) is 31.2 Å². The summed E-state index contributed by atoms with van der Waals surface area (Å²) in [6, 6.07) is 12.1. The smallest absolute Gasteiger partial charge is 0.412 e. The molecule has 4 N–H and O–H groups in total. The standard InChI is InChI=1S/C17H21N3O4S/c1-17(2,3)20(16(21)22)14-8-5-7-13(11-14)19-25(23,24)15-9-4-6-12(18)10-15/h4-11,19H,18H2,1-3H3,(H,21,22). The zero-order chi connectivity index (χ0) is 18.8. The van der Waals surface area contributed by atoms with Crippen LogP contribution in [0.3, 0.4) is 0 Å². The number of rotatable bonds is 4. The highest BCUT2D eigenvalue weighted by atomic mass is 32.2. The fourth-order valence-corrected chi connectivity index (χ4v) is 3.49. The minimum absolute atomic E-state index is 0.0313. The summed E-state index contributed by atoms with van der Waals surface area (Å²) in [4.78, 5) is 12.8. The van der Waals surface area contributed by atoms with Gasteiger partial charge in [0.25, 0.3) is 10.0 Å². The molecule has 2 aromatic carbocycles. The molecule has 2 aromatic rings. The van der Waals surface area contributed by atoms with Crippen LogP contribution in [-0.4, -0.2) is 25.2 Å². The molecule has 2 rings (SSSR count). The first kappa shape index (κ1) is 18.6. The average Bonchev–Trinajstić information content (AvgIpc) is 2.45. The highest BCUT2D eigenvalue weighted by Crippen LogP contribution is 2.27. The summed E-state index contributed by atoms with van der Waals surface area (Å²) >= 11 is 0. The molecule has 0 radical (unpaired) electrons. The average molecular weight is 363 g/mol. The van der Waals surface area contributed by atoms with Gasteiger partial charge in [0, 0.05) is 16.9 Å². The van der Waals surface area contributed by atoms with Gasteiger partial charge in [-0.3, -0.25) is 9.62 Å². The first-order valence-corrected chi connectivity index (χ1v) is 9.00. The van der Waals surface area contributed by atoms with E-state index >= 15 is 0 Å². The van der Waals surface area contributed by atoms with Crippen molar-refractivity contribution in [3.05, 3.63) is 48.5 Å². The Morgan fingerprint density at radius 1 is 1.12 bits per heavy atom. The summed E-state index contributed by atoms with van der Waals surface area (Å²) in [7, 11) is -3.83. The summed E-state index contributed by atoms with van der Waals surface area (Å²) < 4.78 is 27.4. The second kappa shape index (κ2) is 6.64. The largest absolute Gasteiger partial charge is 0.465 e. The van der Waals surface area contributed by atoms with E-state index in [1.165, 1.54) is 23.1 Å². The molecule has 134 valence electrons. The second-order valence-electron chi connectivity index (χ2n) is 6.52. The number of carboxylic acid groups (broad SMARTS) is 1. The van der Waals surface area contributed by atoms with Crippen molar-refractivity contribution in [3.63, 3.8) is 0 Å². The summed E-state index contributed by atoms with van der Waals surface area (Å²) in [6.07, 6.45) is -1.12. The van der Waals surface area contributed by atoms with Gasteiger partial charge in [-0.25, -0.2) is 13.2 Å². The lowest BCUT2D eigenvalue weighted by atomic mass is 10.1. The van der Waals surface area contributed by atoms with Gasteiger partial charge in [0.15, 0.2) is 0 Å². The minimum Gasteiger partial charge on any atom is -0.465 e. The number of carbonyl (C=O) groups is 1. The molecule has 0 saturated carbocycles. The van der Waals surface area contributed by atoms with Gasteiger partial charge < -0.3 is 10.8 Å². The number of hydrogen-bond acceptors (Lipinski definition) is 4. The van der Waals surface area contributed by atoms with Crippen molar-refractivity contribution < 1.29 is 18.3 Å². The molecule has 1 amide bonds. The van der Waals surface area contributed by atoms with Gasteiger partial charge >= 0.3 is 6.09 Å². The van der Waals surface area contributed by atoms with Crippen LogP contribution in [0.1, 0.15) is 20.8 Å². The number of amides is 1. The molecule has 0 atom stereocenters. The molecular weight excluding hydrogens is 342 g/mol. The summed E-state index contributed by atoms with van der Waals surface area (Å²) in [5.41, 5.74) is 5.91. The van der Waals surface area contributed by atoms with E-state index in [2.05, 4.69) is 4.72 Å². The molecule has 0 heterocycles. The molecule has 25 heavy (non-hydrogen) atoms. The number of nitrogen functional groups attached to an aromatic ring is 1. The fraction of sp³-hybridized carbons (Fsp3) is 0.235. The van der Waals surface area contributed by atoms with E-state index in [4.69, 9.17) is 5.73 Å². The Kier molecular flexibility index (Phi) is 4.94. The van der Waals surface area contributed by atoms with Crippen molar-refractivity contribution >= 4 is 33.2 Å². The van der Waals surface area contributed by atoms with Crippen molar-refractivity contribution in [2.24, 2.45) is 0 Å². The first-order chi connectivity index (χ1) is 11.5. The maximum absolute atomic E-state index is 12.5. The molecule has 0 aliphatic carbocycles. The van der Waals surface area contributed by atoms with E-state index < -0.39 is 21.7 Å². The minimum atomic E-state index is -3.83. The molecule has 0 saturated heterocycles. The molecule has 0 aliphatic rings. The molecule has 0 aliphatic heterocycles. The van der Waals surface area contributed by atoms with Gasteiger partial charge in [0.1, 0.15) is 0 Å². The number of sulfonamides is 1. The molecule has 0 spiro atoms. The third kappa shape index (κ3) is 4.42. The predicted octanol–water partition coefficient (Wildman–Crippen LogP) is 3.35. The van der Waals surface area contributed by atoms with E-state index in [1.54, 1.807) is 51.1 Å². The Balaban J connectivity index is 2.38. The number of hydrogen-bond donors (Lipinski definition) is 3. The van der Waals surface area contributed by atoms with Crippen LogP contribution < -0.4 is 15.4 Å². The highest BCUT2D eigenvalue weighted by Gasteiger charge is 2.28. The Hall–Kier alpha value is -2.74. The van der Waals surface area contributed by atoms with Crippen LogP contribution in [0.4, 0.5) is 21.9 Å².